The normalized spacial score (nSPS) is 9.84. The Morgan fingerprint density at radius 1 is 1.32 bits per heavy atom. The highest BCUT2D eigenvalue weighted by Gasteiger charge is 2.12. The van der Waals surface area contributed by atoms with Crippen LogP contribution in [0.25, 0.3) is 0 Å². The number of hydrogen-bond donors (Lipinski definition) is 1. The topological polar surface area (TPSA) is 58.6 Å². The van der Waals surface area contributed by atoms with Crippen LogP contribution in [0.3, 0.4) is 0 Å². The molecule has 1 N–H and O–H groups in total. The second kappa shape index (κ2) is 7.35. The number of likely N-dealkylation sites (N-methyl/N-ethyl adjacent to an activating group) is 1. The Bertz CT molecular complexity index is 434. The van der Waals surface area contributed by atoms with Crippen LogP contribution in [0.1, 0.15) is 12.5 Å². The lowest BCUT2D eigenvalue weighted by molar-refractivity contribution is -0.143. The summed E-state index contributed by atoms with van der Waals surface area (Å²) in [6, 6.07) is 5.42. The fourth-order valence-corrected chi connectivity index (χ4v) is 1.39. The molecule has 0 saturated carbocycles. The molecule has 1 rings (SSSR count). The molecule has 6 heteroatoms. The lowest BCUT2D eigenvalue weighted by Crippen LogP contribution is -2.40. The van der Waals surface area contributed by atoms with Gasteiger partial charge in [-0.15, -0.1) is 0 Å². The predicted octanol–water partition coefficient (Wildman–Crippen LogP) is 1.53. The van der Waals surface area contributed by atoms with Gasteiger partial charge in [-0.3, -0.25) is 4.79 Å². The van der Waals surface area contributed by atoms with Crippen molar-refractivity contribution in [3.8, 4) is 0 Å². The minimum absolute atomic E-state index is 0.108. The third kappa shape index (κ3) is 5.37. The second-order valence-electron chi connectivity index (χ2n) is 3.95. The van der Waals surface area contributed by atoms with E-state index in [-0.39, 0.29) is 25.5 Å². The highest BCUT2D eigenvalue weighted by Crippen LogP contribution is 2.02. The monoisotopic (exact) mass is 268 g/mol. The SMILES string of the molecule is CCOC(=O)CN(C)C(=O)NCc1ccc(F)cc1. The van der Waals surface area contributed by atoms with Gasteiger partial charge in [0.1, 0.15) is 12.4 Å². The Kier molecular flexibility index (Phi) is 5.78. The van der Waals surface area contributed by atoms with Gasteiger partial charge in [-0.1, -0.05) is 12.1 Å². The molecule has 2 amide bonds. The van der Waals surface area contributed by atoms with Crippen molar-refractivity contribution in [2.75, 3.05) is 20.2 Å². The fourth-order valence-electron chi connectivity index (χ4n) is 1.39. The highest BCUT2D eigenvalue weighted by molar-refractivity contribution is 5.80. The second-order valence-corrected chi connectivity index (χ2v) is 3.95. The number of carbonyl (C=O) groups excluding carboxylic acids is 2. The first kappa shape index (κ1) is 14.9. The molecule has 1 aromatic carbocycles. The maximum atomic E-state index is 12.7. The van der Waals surface area contributed by atoms with E-state index in [4.69, 9.17) is 4.74 Å². The van der Waals surface area contributed by atoms with Crippen LogP contribution in [0.4, 0.5) is 9.18 Å². The summed E-state index contributed by atoms with van der Waals surface area (Å²) in [7, 11) is 1.50. The zero-order chi connectivity index (χ0) is 14.3. The van der Waals surface area contributed by atoms with E-state index in [1.165, 1.54) is 24.1 Å². The maximum Gasteiger partial charge on any atom is 0.325 e. The van der Waals surface area contributed by atoms with Gasteiger partial charge in [0.05, 0.1) is 6.61 Å². The minimum atomic E-state index is -0.457. The van der Waals surface area contributed by atoms with Gasteiger partial charge in [0.15, 0.2) is 0 Å². The first-order valence-electron chi connectivity index (χ1n) is 5.92. The van der Waals surface area contributed by atoms with Crippen LogP contribution in [0, 0.1) is 5.82 Å². The highest BCUT2D eigenvalue weighted by atomic mass is 19.1. The number of rotatable bonds is 5. The van der Waals surface area contributed by atoms with Crippen molar-refractivity contribution in [1.82, 2.24) is 10.2 Å². The van der Waals surface area contributed by atoms with E-state index in [0.717, 1.165) is 5.56 Å². The number of halogens is 1. The van der Waals surface area contributed by atoms with Gasteiger partial charge >= 0.3 is 12.0 Å². The summed E-state index contributed by atoms with van der Waals surface area (Å²) in [6.45, 7) is 2.14. The third-order valence-corrected chi connectivity index (χ3v) is 2.38. The molecule has 0 bridgehead atoms. The van der Waals surface area contributed by atoms with Gasteiger partial charge in [0.2, 0.25) is 0 Å². The molecular weight excluding hydrogens is 251 g/mol. The number of hydrogen-bond acceptors (Lipinski definition) is 3. The first-order valence-corrected chi connectivity index (χ1v) is 5.92. The summed E-state index contributed by atoms with van der Waals surface area (Å²) in [5.41, 5.74) is 0.777. The Morgan fingerprint density at radius 2 is 1.95 bits per heavy atom. The first-order chi connectivity index (χ1) is 9.02. The number of ether oxygens (including phenoxy) is 1. The van der Waals surface area contributed by atoms with E-state index >= 15 is 0 Å². The summed E-state index contributed by atoms with van der Waals surface area (Å²) in [5.74, 6) is -0.781. The molecule has 19 heavy (non-hydrogen) atoms. The Labute approximate surface area is 111 Å². The van der Waals surface area contributed by atoms with Crippen LogP contribution in [0.5, 0.6) is 0 Å². The summed E-state index contributed by atoms with van der Waals surface area (Å²) < 4.78 is 17.4. The predicted molar refractivity (Wildman–Crippen MR) is 67.9 cm³/mol. The van der Waals surface area contributed by atoms with Crippen molar-refractivity contribution in [2.24, 2.45) is 0 Å². The number of nitrogens with zero attached hydrogens (tertiary/aromatic N) is 1. The van der Waals surface area contributed by atoms with Crippen molar-refractivity contribution in [3.05, 3.63) is 35.6 Å². The average Bonchev–Trinajstić information content (AvgIpc) is 2.37. The summed E-state index contributed by atoms with van der Waals surface area (Å²) in [6.07, 6.45) is 0. The van der Waals surface area contributed by atoms with E-state index in [0.29, 0.717) is 0 Å². The van der Waals surface area contributed by atoms with Crippen LogP contribution in [0.15, 0.2) is 24.3 Å². The average molecular weight is 268 g/mol. The van der Waals surface area contributed by atoms with Gasteiger partial charge < -0.3 is 15.0 Å². The molecule has 5 nitrogen and oxygen atoms in total. The number of urea groups is 1. The molecule has 0 saturated heterocycles. The van der Waals surface area contributed by atoms with Gasteiger partial charge in [0.25, 0.3) is 0 Å². The molecule has 0 fully saturated rings. The van der Waals surface area contributed by atoms with Gasteiger partial charge in [-0.2, -0.15) is 0 Å². The number of nitrogens with one attached hydrogen (secondary N) is 1. The van der Waals surface area contributed by atoms with Gasteiger partial charge in [-0.05, 0) is 24.6 Å². The zero-order valence-electron chi connectivity index (χ0n) is 11.0. The molecule has 104 valence electrons. The Hall–Kier alpha value is -2.11. The molecule has 1 aromatic rings. The molecule has 0 spiro atoms. The third-order valence-electron chi connectivity index (χ3n) is 2.38. The van der Waals surface area contributed by atoms with Crippen molar-refractivity contribution >= 4 is 12.0 Å². The molecule has 0 aromatic heterocycles. The largest absolute Gasteiger partial charge is 0.465 e. The zero-order valence-corrected chi connectivity index (χ0v) is 11.0. The van der Waals surface area contributed by atoms with Crippen molar-refractivity contribution in [2.45, 2.75) is 13.5 Å². The molecule has 0 heterocycles. The van der Waals surface area contributed by atoms with E-state index in [9.17, 15) is 14.0 Å². The van der Waals surface area contributed by atoms with Crippen LogP contribution >= 0.6 is 0 Å². The van der Waals surface area contributed by atoms with E-state index in [2.05, 4.69) is 5.32 Å². The fraction of sp³-hybridized carbons (Fsp3) is 0.385. The molecule has 0 radical (unpaired) electrons. The number of carbonyl (C=O) groups is 2. The standard InChI is InChI=1S/C13H17FN2O3/c1-3-19-12(17)9-16(2)13(18)15-8-10-4-6-11(14)7-5-10/h4-7H,3,8-9H2,1-2H3,(H,15,18). The Morgan fingerprint density at radius 3 is 2.53 bits per heavy atom. The van der Waals surface area contributed by atoms with Crippen LogP contribution < -0.4 is 5.32 Å². The molecule has 0 aliphatic rings. The maximum absolute atomic E-state index is 12.7. The van der Waals surface area contributed by atoms with E-state index in [1.54, 1.807) is 19.1 Å². The number of benzene rings is 1. The summed E-state index contributed by atoms with van der Waals surface area (Å²) in [4.78, 5) is 24.1. The molecule has 0 atom stereocenters. The lowest BCUT2D eigenvalue weighted by atomic mass is 10.2. The number of esters is 1. The Balaban J connectivity index is 2.38. The van der Waals surface area contributed by atoms with Crippen LogP contribution in [-0.2, 0) is 16.1 Å². The van der Waals surface area contributed by atoms with E-state index in [1.807, 2.05) is 0 Å². The minimum Gasteiger partial charge on any atom is -0.465 e. The van der Waals surface area contributed by atoms with Crippen molar-refractivity contribution < 1.29 is 18.7 Å². The number of amides is 2. The van der Waals surface area contributed by atoms with Crippen LogP contribution in [-0.4, -0.2) is 37.1 Å². The van der Waals surface area contributed by atoms with Gasteiger partial charge in [-0.25, -0.2) is 9.18 Å². The molecule has 0 aliphatic heterocycles. The quantitative estimate of drug-likeness (QED) is 0.824. The van der Waals surface area contributed by atoms with Crippen molar-refractivity contribution in [3.63, 3.8) is 0 Å². The summed E-state index contributed by atoms with van der Waals surface area (Å²) >= 11 is 0. The smallest absolute Gasteiger partial charge is 0.325 e. The lowest BCUT2D eigenvalue weighted by Gasteiger charge is -2.16. The van der Waals surface area contributed by atoms with Crippen molar-refractivity contribution in [1.29, 1.82) is 0 Å². The summed E-state index contributed by atoms with van der Waals surface area (Å²) in [5, 5.41) is 2.62. The van der Waals surface area contributed by atoms with Crippen LogP contribution in [0.2, 0.25) is 0 Å². The molecular formula is C13H17FN2O3. The molecule has 0 aliphatic carbocycles. The van der Waals surface area contributed by atoms with Gasteiger partial charge in [0, 0.05) is 13.6 Å². The van der Waals surface area contributed by atoms with E-state index < -0.39 is 12.0 Å². The molecule has 0 unspecified atom stereocenters.